The van der Waals surface area contributed by atoms with Gasteiger partial charge in [0.1, 0.15) is 0 Å². The van der Waals surface area contributed by atoms with Gasteiger partial charge >= 0.3 is 130 Å². The molecular weight excluding hydrogens is 716 g/mol. The van der Waals surface area contributed by atoms with E-state index in [0.29, 0.717) is 12.8 Å². The fourth-order valence-corrected chi connectivity index (χ4v) is 7.02. The molecule has 0 fully saturated rings. The van der Waals surface area contributed by atoms with E-state index in [-0.39, 0.29) is 124 Å². The summed E-state index contributed by atoms with van der Waals surface area (Å²) in [5.41, 5.74) is 0. The first-order valence-electron chi connectivity index (χ1n) is 20.5. The first-order valence-corrected chi connectivity index (χ1v) is 22.0. The van der Waals surface area contributed by atoms with Crippen molar-refractivity contribution in [1.82, 2.24) is 0 Å². The van der Waals surface area contributed by atoms with Gasteiger partial charge in [-0.2, -0.15) is 8.42 Å². The third-order valence-corrected chi connectivity index (χ3v) is 10.6. The summed E-state index contributed by atoms with van der Waals surface area (Å²) >= 11 is 0. The van der Waals surface area contributed by atoms with E-state index < -0.39 is 39.8 Å². The zero-order chi connectivity index (χ0) is 35.7. The van der Waals surface area contributed by atoms with Gasteiger partial charge in [-0.15, -0.1) is 0 Å². The molecule has 0 aromatic carbocycles. The standard InChI is InChI=1S/C40H78O7S.4Na.4H/c1-5-7-9-11-13-15-17-19-21-23-25-27-29-31-33-36(3)46-39(41)35-38(48(43,44)45)40(42)47-37(4)34-32-30-28-26-24-22-20-18-16-14-12-10-8-6-2;;;;;;;;/h36-38H,5-35H2,1-4H3,(H,43,44,45);;;;;;;;. The Morgan fingerprint density at radius 2 is 0.712 bits per heavy atom. The molecule has 0 aromatic rings. The molecule has 12 heteroatoms. The van der Waals surface area contributed by atoms with Crippen molar-refractivity contribution in [3.8, 4) is 0 Å². The second-order valence-corrected chi connectivity index (χ2v) is 16.1. The van der Waals surface area contributed by atoms with Gasteiger partial charge in [-0.25, -0.2) is 0 Å². The van der Waals surface area contributed by atoms with Crippen LogP contribution in [0.25, 0.3) is 0 Å². The fraction of sp³-hybridized carbons (Fsp3) is 0.950. The van der Waals surface area contributed by atoms with Crippen LogP contribution in [0.4, 0.5) is 0 Å². The number of hydrogen-bond donors (Lipinski definition) is 1. The third kappa shape index (κ3) is 44.0. The Labute approximate surface area is 411 Å². The molecule has 3 atom stereocenters. The average molecular weight is 799 g/mol. The van der Waals surface area contributed by atoms with Crippen LogP contribution in [0.5, 0.6) is 0 Å². The molecule has 0 aliphatic rings. The molecule has 0 heterocycles. The maximum atomic E-state index is 12.6. The van der Waals surface area contributed by atoms with Crippen LogP contribution in [-0.2, 0) is 29.2 Å². The fourth-order valence-electron chi connectivity index (χ4n) is 6.38. The van der Waals surface area contributed by atoms with Gasteiger partial charge in [0.25, 0.3) is 10.1 Å². The second kappa shape index (κ2) is 46.5. The molecule has 0 radical (unpaired) electrons. The van der Waals surface area contributed by atoms with Gasteiger partial charge in [0.15, 0.2) is 5.25 Å². The summed E-state index contributed by atoms with van der Waals surface area (Å²) in [5.74, 6) is -1.90. The Balaban J connectivity index is -0.00000184. The molecule has 294 valence electrons. The summed E-state index contributed by atoms with van der Waals surface area (Å²) in [6.07, 6.45) is 35.1. The molecule has 52 heavy (non-hydrogen) atoms. The summed E-state index contributed by atoms with van der Waals surface area (Å²) in [5, 5.41) is -1.96. The SMILES string of the molecule is CCCCCCCCCCCCCCCCC(C)OC(=O)CC(C(=O)OC(C)CCCCCCCCCCCCCCCC)S(=O)(=O)O.[NaH].[NaH].[NaH].[NaH]. The molecule has 0 rings (SSSR count). The molecule has 0 aliphatic carbocycles. The number of unbranched alkanes of at least 4 members (excludes halogenated alkanes) is 26. The van der Waals surface area contributed by atoms with E-state index in [2.05, 4.69) is 13.8 Å². The van der Waals surface area contributed by atoms with E-state index in [1.54, 1.807) is 13.8 Å². The first kappa shape index (κ1) is 64.0. The molecule has 0 aliphatic heterocycles. The summed E-state index contributed by atoms with van der Waals surface area (Å²) in [7, 11) is -4.81. The number of ether oxygens (including phenoxy) is 2. The predicted molar refractivity (Wildman–Crippen MR) is 230 cm³/mol. The second-order valence-electron chi connectivity index (χ2n) is 14.5. The normalized spacial score (nSPS) is 12.6. The van der Waals surface area contributed by atoms with Gasteiger partial charge in [0.05, 0.1) is 18.6 Å². The molecule has 3 unspecified atom stereocenters. The monoisotopic (exact) mass is 799 g/mol. The van der Waals surface area contributed by atoms with Crippen LogP contribution in [-0.4, -0.2) is 161 Å². The van der Waals surface area contributed by atoms with Crippen molar-refractivity contribution in [2.45, 2.75) is 244 Å². The average Bonchev–Trinajstić information content (AvgIpc) is 3.03. The van der Waals surface area contributed by atoms with Crippen LogP contribution in [0.2, 0.25) is 0 Å². The maximum absolute atomic E-state index is 12.6. The summed E-state index contributed by atoms with van der Waals surface area (Å²) in [6.45, 7) is 8.00. The minimum absolute atomic E-state index is 0. The van der Waals surface area contributed by atoms with Crippen LogP contribution < -0.4 is 0 Å². The number of carbonyl (C=O) groups excluding carboxylic acids is 2. The first-order chi connectivity index (χ1) is 23.1. The number of esters is 2. The van der Waals surface area contributed by atoms with E-state index in [0.717, 1.165) is 38.5 Å². The van der Waals surface area contributed by atoms with Crippen molar-refractivity contribution in [2.75, 3.05) is 0 Å². The predicted octanol–water partition coefficient (Wildman–Crippen LogP) is 9.65. The van der Waals surface area contributed by atoms with Crippen LogP contribution in [0.15, 0.2) is 0 Å². The molecule has 7 nitrogen and oxygen atoms in total. The van der Waals surface area contributed by atoms with E-state index >= 15 is 0 Å². The molecule has 0 saturated heterocycles. The van der Waals surface area contributed by atoms with Crippen molar-refractivity contribution in [2.24, 2.45) is 0 Å². The van der Waals surface area contributed by atoms with Gasteiger partial charge in [-0.3, -0.25) is 14.1 Å². The molecule has 1 N–H and O–H groups in total. The van der Waals surface area contributed by atoms with Crippen molar-refractivity contribution >= 4 is 140 Å². The summed E-state index contributed by atoms with van der Waals surface area (Å²) < 4.78 is 44.2. The van der Waals surface area contributed by atoms with E-state index in [1.165, 1.54) is 141 Å². The Morgan fingerprint density at radius 3 is 0.981 bits per heavy atom. The van der Waals surface area contributed by atoms with Crippen molar-refractivity contribution in [3.05, 3.63) is 0 Å². The van der Waals surface area contributed by atoms with Crippen molar-refractivity contribution in [3.63, 3.8) is 0 Å². The van der Waals surface area contributed by atoms with Gasteiger partial charge < -0.3 is 9.47 Å². The van der Waals surface area contributed by atoms with E-state index in [9.17, 15) is 22.6 Å². The van der Waals surface area contributed by atoms with Crippen molar-refractivity contribution in [1.29, 1.82) is 0 Å². The molecule has 0 aromatic heterocycles. The summed E-state index contributed by atoms with van der Waals surface area (Å²) in [4.78, 5) is 25.1. The van der Waals surface area contributed by atoms with Crippen LogP contribution in [0, 0.1) is 0 Å². The van der Waals surface area contributed by atoms with Gasteiger partial charge in [-0.05, 0) is 39.5 Å². The number of hydrogen-bond acceptors (Lipinski definition) is 6. The minimum atomic E-state index is -4.81. The van der Waals surface area contributed by atoms with Crippen LogP contribution in [0.1, 0.15) is 227 Å². The van der Waals surface area contributed by atoms with Gasteiger partial charge in [0, 0.05) is 0 Å². The van der Waals surface area contributed by atoms with E-state index in [1.807, 2.05) is 0 Å². The molecule has 0 bridgehead atoms. The number of rotatable bonds is 36. The topological polar surface area (TPSA) is 107 Å². The molecular formula is C40H82Na4O7S. The zero-order valence-electron chi connectivity index (χ0n) is 32.0. The molecule has 0 saturated carbocycles. The molecule has 0 spiro atoms. The third-order valence-electron chi connectivity index (χ3n) is 9.55. The van der Waals surface area contributed by atoms with Crippen molar-refractivity contribution < 1.29 is 32.0 Å². The Kier molecular flexibility index (Phi) is 57.3. The Bertz CT molecular complexity index is 865. The molecule has 0 amide bonds. The van der Waals surface area contributed by atoms with Gasteiger partial charge in [0.2, 0.25) is 0 Å². The Morgan fingerprint density at radius 1 is 0.462 bits per heavy atom. The Hall–Kier alpha value is 2.85. The van der Waals surface area contributed by atoms with Crippen LogP contribution in [0.3, 0.4) is 0 Å². The van der Waals surface area contributed by atoms with E-state index in [4.69, 9.17) is 9.47 Å². The quantitative estimate of drug-likeness (QED) is 0.0291. The van der Waals surface area contributed by atoms with Crippen LogP contribution >= 0.6 is 0 Å². The number of carbonyl (C=O) groups is 2. The zero-order valence-corrected chi connectivity index (χ0v) is 32.8. The van der Waals surface area contributed by atoms with Gasteiger partial charge in [-0.1, -0.05) is 181 Å². The summed E-state index contributed by atoms with van der Waals surface area (Å²) in [6, 6.07) is 0.